The molecule has 0 aliphatic rings. The molecule has 4 nitrogen and oxygen atoms in total. The van der Waals surface area contributed by atoms with Gasteiger partial charge in [0, 0.05) is 12.7 Å². The SMILES string of the molecule is CC(C)c1ccc(N(C)C(=O)CSCC(=O)O)cc1. The van der Waals surface area contributed by atoms with Gasteiger partial charge in [0.05, 0.1) is 11.5 Å². The zero-order valence-electron chi connectivity index (χ0n) is 11.4. The predicted molar refractivity (Wildman–Crippen MR) is 78.9 cm³/mol. The molecule has 0 fully saturated rings. The molecule has 0 spiro atoms. The Morgan fingerprint density at radius 1 is 1.21 bits per heavy atom. The molecule has 19 heavy (non-hydrogen) atoms. The van der Waals surface area contributed by atoms with Crippen LogP contribution in [0.4, 0.5) is 5.69 Å². The zero-order chi connectivity index (χ0) is 14.4. The molecule has 1 rings (SSSR count). The summed E-state index contributed by atoms with van der Waals surface area (Å²) < 4.78 is 0. The number of aliphatic carboxylic acids is 1. The van der Waals surface area contributed by atoms with Gasteiger partial charge < -0.3 is 10.0 Å². The van der Waals surface area contributed by atoms with Crippen molar-refractivity contribution in [3.8, 4) is 0 Å². The van der Waals surface area contributed by atoms with Crippen LogP contribution in [0.25, 0.3) is 0 Å². The number of rotatable bonds is 6. The van der Waals surface area contributed by atoms with Crippen molar-refractivity contribution in [2.24, 2.45) is 0 Å². The number of nitrogens with zero attached hydrogens (tertiary/aromatic N) is 1. The number of carbonyl (C=O) groups is 2. The van der Waals surface area contributed by atoms with E-state index in [1.807, 2.05) is 24.3 Å². The first-order valence-corrected chi connectivity index (χ1v) is 7.23. The minimum Gasteiger partial charge on any atom is -0.481 e. The minimum absolute atomic E-state index is 0.0497. The van der Waals surface area contributed by atoms with Crippen molar-refractivity contribution < 1.29 is 14.7 Å². The Kier molecular flexibility index (Phi) is 5.89. The number of carboxylic acids is 1. The summed E-state index contributed by atoms with van der Waals surface area (Å²) in [6, 6.07) is 7.84. The molecule has 0 saturated heterocycles. The molecule has 0 bridgehead atoms. The largest absolute Gasteiger partial charge is 0.481 e. The average molecular weight is 281 g/mol. The van der Waals surface area contributed by atoms with E-state index in [1.165, 1.54) is 5.56 Å². The lowest BCUT2D eigenvalue weighted by atomic mass is 10.0. The molecule has 104 valence electrons. The summed E-state index contributed by atoms with van der Waals surface area (Å²) in [4.78, 5) is 23.8. The summed E-state index contributed by atoms with van der Waals surface area (Å²) in [5, 5.41) is 8.52. The highest BCUT2D eigenvalue weighted by Crippen LogP contribution is 2.19. The maximum Gasteiger partial charge on any atom is 0.313 e. The summed E-state index contributed by atoms with van der Waals surface area (Å²) in [6.45, 7) is 4.23. The van der Waals surface area contributed by atoms with E-state index in [9.17, 15) is 9.59 Å². The fourth-order valence-corrected chi connectivity index (χ4v) is 2.19. The Hall–Kier alpha value is -1.49. The van der Waals surface area contributed by atoms with E-state index in [1.54, 1.807) is 11.9 Å². The van der Waals surface area contributed by atoms with Crippen LogP contribution in [0, 0.1) is 0 Å². The van der Waals surface area contributed by atoms with Crippen LogP contribution in [-0.4, -0.2) is 35.5 Å². The molecule has 1 amide bonds. The highest BCUT2D eigenvalue weighted by atomic mass is 32.2. The monoisotopic (exact) mass is 281 g/mol. The van der Waals surface area contributed by atoms with Crippen LogP contribution in [0.3, 0.4) is 0 Å². The van der Waals surface area contributed by atoms with Gasteiger partial charge in [-0.2, -0.15) is 0 Å². The first kappa shape index (κ1) is 15.6. The van der Waals surface area contributed by atoms with Crippen molar-refractivity contribution in [1.29, 1.82) is 0 Å². The topological polar surface area (TPSA) is 57.6 Å². The van der Waals surface area contributed by atoms with Gasteiger partial charge in [-0.05, 0) is 23.6 Å². The van der Waals surface area contributed by atoms with E-state index in [0.717, 1.165) is 17.4 Å². The number of benzene rings is 1. The number of hydrogen-bond acceptors (Lipinski definition) is 3. The van der Waals surface area contributed by atoms with Crippen LogP contribution < -0.4 is 4.90 Å². The van der Waals surface area contributed by atoms with E-state index >= 15 is 0 Å². The number of carbonyl (C=O) groups excluding carboxylic acids is 1. The first-order valence-electron chi connectivity index (χ1n) is 6.08. The Bertz CT molecular complexity index is 443. The molecular weight excluding hydrogens is 262 g/mol. The van der Waals surface area contributed by atoms with Gasteiger partial charge in [0.2, 0.25) is 5.91 Å². The van der Waals surface area contributed by atoms with Crippen LogP contribution in [-0.2, 0) is 9.59 Å². The number of hydrogen-bond donors (Lipinski definition) is 1. The quantitative estimate of drug-likeness (QED) is 0.870. The Labute approximate surface area is 117 Å². The Morgan fingerprint density at radius 3 is 2.26 bits per heavy atom. The molecule has 0 aromatic heterocycles. The summed E-state index contributed by atoms with van der Waals surface area (Å²) in [5.74, 6) is -0.410. The van der Waals surface area contributed by atoms with Gasteiger partial charge in [0.15, 0.2) is 0 Å². The molecule has 0 heterocycles. The highest BCUT2D eigenvalue weighted by Gasteiger charge is 2.12. The Balaban J connectivity index is 2.58. The molecule has 0 aliphatic heterocycles. The number of anilines is 1. The van der Waals surface area contributed by atoms with E-state index in [2.05, 4.69) is 13.8 Å². The van der Waals surface area contributed by atoms with Crippen molar-refractivity contribution >= 4 is 29.3 Å². The third-order valence-corrected chi connectivity index (χ3v) is 3.67. The fourth-order valence-electron chi connectivity index (χ4n) is 1.55. The van der Waals surface area contributed by atoms with Gasteiger partial charge in [-0.1, -0.05) is 26.0 Å². The third kappa shape index (κ3) is 4.95. The molecule has 0 unspecified atom stereocenters. The van der Waals surface area contributed by atoms with Gasteiger partial charge in [0.25, 0.3) is 0 Å². The van der Waals surface area contributed by atoms with E-state index < -0.39 is 5.97 Å². The predicted octanol–water partition coefficient (Wildman–Crippen LogP) is 2.59. The highest BCUT2D eigenvalue weighted by molar-refractivity contribution is 8.00. The standard InChI is InChI=1S/C14H19NO3S/c1-10(2)11-4-6-12(7-5-11)15(3)13(16)8-19-9-14(17)18/h4-7,10H,8-9H2,1-3H3,(H,17,18). The molecule has 1 aromatic rings. The van der Waals surface area contributed by atoms with Crippen molar-refractivity contribution in [2.75, 3.05) is 23.5 Å². The second-order valence-electron chi connectivity index (χ2n) is 4.59. The molecule has 0 atom stereocenters. The fraction of sp³-hybridized carbons (Fsp3) is 0.429. The van der Waals surface area contributed by atoms with Gasteiger partial charge in [-0.25, -0.2) is 0 Å². The molecular formula is C14H19NO3S. The van der Waals surface area contributed by atoms with Crippen molar-refractivity contribution in [3.63, 3.8) is 0 Å². The third-order valence-electron chi connectivity index (χ3n) is 2.77. The molecule has 0 saturated carbocycles. The van der Waals surface area contributed by atoms with Gasteiger partial charge >= 0.3 is 5.97 Å². The zero-order valence-corrected chi connectivity index (χ0v) is 12.2. The maximum atomic E-state index is 11.9. The summed E-state index contributed by atoms with van der Waals surface area (Å²) >= 11 is 1.11. The number of thioether (sulfide) groups is 1. The second kappa shape index (κ2) is 7.19. The summed E-state index contributed by atoms with van der Waals surface area (Å²) in [5.41, 5.74) is 2.05. The Morgan fingerprint density at radius 2 is 1.79 bits per heavy atom. The van der Waals surface area contributed by atoms with Gasteiger partial charge in [0.1, 0.15) is 0 Å². The van der Waals surface area contributed by atoms with Gasteiger partial charge in [-0.3, -0.25) is 9.59 Å². The molecule has 0 radical (unpaired) electrons. The lowest BCUT2D eigenvalue weighted by molar-refractivity contribution is -0.133. The van der Waals surface area contributed by atoms with E-state index in [0.29, 0.717) is 5.92 Å². The average Bonchev–Trinajstić information content (AvgIpc) is 2.37. The lowest BCUT2D eigenvalue weighted by Gasteiger charge is -2.18. The molecule has 0 aliphatic carbocycles. The summed E-state index contributed by atoms with van der Waals surface area (Å²) in [6.07, 6.45) is 0. The lowest BCUT2D eigenvalue weighted by Crippen LogP contribution is -2.28. The summed E-state index contributed by atoms with van der Waals surface area (Å²) in [7, 11) is 1.70. The van der Waals surface area contributed by atoms with E-state index in [-0.39, 0.29) is 17.4 Å². The molecule has 5 heteroatoms. The smallest absolute Gasteiger partial charge is 0.313 e. The molecule has 1 N–H and O–H groups in total. The van der Waals surface area contributed by atoms with Crippen molar-refractivity contribution in [2.45, 2.75) is 19.8 Å². The van der Waals surface area contributed by atoms with Crippen molar-refractivity contribution in [1.82, 2.24) is 0 Å². The number of amides is 1. The van der Waals surface area contributed by atoms with Crippen LogP contribution in [0.1, 0.15) is 25.3 Å². The van der Waals surface area contributed by atoms with Crippen molar-refractivity contribution in [3.05, 3.63) is 29.8 Å². The van der Waals surface area contributed by atoms with E-state index in [4.69, 9.17) is 5.11 Å². The van der Waals surface area contributed by atoms with Gasteiger partial charge in [-0.15, -0.1) is 11.8 Å². The second-order valence-corrected chi connectivity index (χ2v) is 5.57. The minimum atomic E-state index is -0.901. The molecule has 1 aromatic carbocycles. The maximum absolute atomic E-state index is 11.9. The van der Waals surface area contributed by atoms with Crippen LogP contribution >= 0.6 is 11.8 Å². The normalized spacial score (nSPS) is 10.5. The van der Waals surface area contributed by atoms with Crippen LogP contribution in [0.15, 0.2) is 24.3 Å². The first-order chi connectivity index (χ1) is 8.91. The van der Waals surface area contributed by atoms with Crippen LogP contribution in [0.2, 0.25) is 0 Å². The number of carboxylic acid groups (broad SMARTS) is 1. The van der Waals surface area contributed by atoms with Crippen LogP contribution in [0.5, 0.6) is 0 Å².